The molecule has 0 spiro atoms. The van der Waals surface area contributed by atoms with Crippen molar-refractivity contribution < 1.29 is 4.74 Å². The van der Waals surface area contributed by atoms with Crippen molar-refractivity contribution in [3.05, 3.63) is 58.1 Å². The van der Waals surface area contributed by atoms with Crippen molar-refractivity contribution in [2.75, 3.05) is 42.6 Å². The maximum Gasteiger partial charge on any atom is 0.252 e. The maximum atomic E-state index is 12.4. The zero-order chi connectivity index (χ0) is 19.8. The number of nitrogens with one attached hydrogen (secondary N) is 1. The number of H-pyrrole nitrogens is 1. The third kappa shape index (κ3) is 3.36. The van der Waals surface area contributed by atoms with Crippen LogP contribution in [-0.4, -0.2) is 52.8 Å². The normalized spacial score (nSPS) is 16.2. The van der Waals surface area contributed by atoms with Crippen LogP contribution in [0, 0.1) is 6.92 Å². The highest BCUT2D eigenvalue weighted by Crippen LogP contribution is 2.32. The lowest BCUT2D eigenvalue weighted by atomic mass is 10.1. The Morgan fingerprint density at radius 3 is 2.76 bits per heavy atom. The van der Waals surface area contributed by atoms with Crippen LogP contribution in [0.4, 0.5) is 17.6 Å². The van der Waals surface area contributed by atoms with Gasteiger partial charge in [0.05, 0.1) is 24.6 Å². The van der Waals surface area contributed by atoms with E-state index in [9.17, 15) is 4.79 Å². The topological polar surface area (TPSA) is 87.2 Å². The van der Waals surface area contributed by atoms with Crippen LogP contribution < -0.4 is 15.4 Å². The van der Waals surface area contributed by atoms with Crippen LogP contribution in [0.2, 0.25) is 0 Å². The van der Waals surface area contributed by atoms with E-state index >= 15 is 0 Å². The Bertz CT molecular complexity index is 1110. The first kappa shape index (κ1) is 17.8. The number of ether oxygens (including phenoxy) is 1. The van der Waals surface area contributed by atoms with Crippen LogP contribution in [0.1, 0.15) is 11.3 Å². The molecule has 0 amide bonds. The lowest BCUT2D eigenvalue weighted by Crippen LogP contribution is -2.37. The average molecular weight is 390 g/mol. The van der Waals surface area contributed by atoms with Gasteiger partial charge in [-0.05, 0) is 25.0 Å². The predicted octanol–water partition coefficient (Wildman–Crippen LogP) is 2.07. The predicted molar refractivity (Wildman–Crippen MR) is 111 cm³/mol. The Kier molecular flexibility index (Phi) is 4.48. The van der Waals surface area contributed by atoms with Crippen molar-refractivity contribution >= 4 is 17.6 Å². The second-order valence-corrected chi connectivity index (χ2v) is 7.25. The molecule has 1 aromatic carbocycles. The maximum absolute atomic E-state index is 12.4. The lowest BCUT2D eigenvalue weighted by Gasteiger charge is -2.27. The Morgan fingerprint density at radius 2 is 1.93 bits per heavy atom. The molecule has 4 heterocycles. The summed E-state index contributed by atoms with van der Waals surface area (Å²) in [6.45, 7) is 5.63. The molecule has 0 bridgehead atoms. The van der Waals surface area contributed by atoms with E-state index in [1.807, 2.05) is 19.1 Å². The Balaban J connectivity index is 1.50. The van der Waals surface area contributed by atoms with E-state index in [1.165, 1.54) is 11.6 Å². The van der Waals surface area contributed by atoms with Crippen LogP contribution in [0.25, 0.3) is 11.3 Å². The van der Waals surface area contributed by atoms with E-state index in [0.29, 0.717) is 30.8 Å². The first-order chi connectivity index (χ1) is 14.2. The third-order valence-electron chi connectivity index (χ3n) is 5.41. The Labute approximate surface area is 168 Å². The van der Waals surface area contributed by atoms with Crippen molar-refractivity contribution in [3.8, 4) is 11.3 Å². The molecule has 0 radical (unpaired) electrons. The molecule has 2 aliphatic heterocycles. The number of morpholine rings is 1. The summed E-state index contributed by atoms with van der Waals surface area (Å²) in [6.07, 6.45) is 2.69. The molecule has 1 fully saturated rings. The molecule has 2 aromatic heterocycles. The summed E-state index contributed by atoms with van der Waals surface area (Å²) in [5.41, 5.74) is 4.30. The first-order valence-corrected chi connectivity index (χ1v) is 9.82. The molecular formula is C21H22N6O2. The summed E-state index contributed by atoms with van der Waals surface area (Å²) in [6, 6.07) is 9.71. The van der Waals surface area contributed by atoms with E-state index in [0.717, 1.165) is 43.0 Å². The van der Waals surface area contributed by atoms with Gasteiger partial charge in [-0.15, -0.1) is 0 Å². The number of aryl methyl sites for hydroxylation is 1. The zero-order valence-electron chi connectivity index (χ0n) is 16.3. The van der Waals surface area contributed by atoms with Crippen molar-refractivity contribution in [3.63, 3.8) is 0 Å². The standard InChI is InChI=1S/C21H22N6O2/c1-14-16(13-22-20(23-14)26-8-10-29-11-9-26)17-12-19(28)25-21(24-17)27-7-6-15-4-2-3-5-18(15)27/h2-5,12-13H,6-11H2,1H3,(H,24,25,28). The second-order valence-electron chi connectivity index (χ2n) is 7.25. The number of para-hydroxylation sites is 1. The molecule has 0 saturated carbocycles. The van der Waals surface area contributed by atoms with Gasteiger partial charge in [0, 0.05) is 43.1 Å². The average Bonchev–Trinajstić information content (AvgIpc) is 3.18. The number of aromatic amines is 1. The molecule has 1 saturated heterocycles. The monoisotopic (exact) mass is 390 g/mol. The van der Waals surface area contributed by atoms with Gasteiger partial charge in [0.1, 0.15) is 0 Å². The highest BCUT2D eigenvalue weighted by atomic mass is 16.5. The van der Waals surface area contributed by atoms with E-state index in [-0.39, 0.29) is 5.56 Å². The van der Waals surface area contributed by atoms with Crippen molar-refractivity contribution in [2.24, 2.45) is 0 Å². The van der Waals surface area contributed by atoms with E-state index in [1.54, 1.807) is 6.20 Å². The van der Waals surface area contributed by atoms with Gasteiger partial charge in [-0.2, -0.15) is 0 Å². The minimum Gasteiger partial charge on any atom is -0.378 e. The summed E-state index contributed by atoms with van der Waals surface area (Å²) in [5.74, 6) is 1.24. The summed E-state index contributed by atoms with van der Waals surface area (Å²) in [4.78, 5) is 33.4. The SMILES string of the molecule is Cc1nc(N2CCOCC2)ncc1-c1cc(=O)[nH]c(N2CCc3ccccc32)n1. The van der Waals surface area contributed by atoms with E-state index < -0.39 is 0 Å². The molecule has 0 atom stereocenters. The lowest BCUT2D eigenvalue weighted by molar-refractivity contribution is 0.122. The van der Waals surface area contributed by atoms with Gasteiger partial charge < -0.3 is 14.5 Å². The molecule has 148 valence electrons. The van der Waals surface area contributed by atoms with Crippen LogP contribution >= 0.6 is 0 Å². The quantitative estimate of drug-likeness (QED) is 0.732. The number of rotatable bonds is 3. The second kappa shape index (κ2) is 7.29. The van der Waals surface area contributed by atoms with Gasteiger partial charge in [-0.1, -0.05) is 18.2 Å². The highest BCUT2D eigenvalue weighted by Gasteiger charge is 2.23. The number of hydrogen-bond acceptors (Lipinski definition) is 7. The fourth-order valence-electron chi connectivity index (χ4n) is 3.89. The molecule has 8 nitrogen and oxygen atoms in total. The number of nitrogens with zero attached hydrogens (tertiary/aromatic N) is 5. The molecule has 0 unspecified atom stereocenters. The van der Waals surface area contributed by atoms with Crippen molar-refractivity contribution in [1.82, 2.24) is 19.9 Å². The molecule has 2 aliphatic rings. The number of aromatic nitrogens is 4. The fraction of sp³-hybridized carbons (Fsp3) is 0.333. The number of fused-ring (bicyclic) bond motifs is 1. The first-order valence-electron chi connectivity index (χ1n) is 9.82. The van der Waals surface area contributed by atoms with Crippen LogP contribution in [0.15, 0.2) is 41.3 Å². The van der Waals surface area contributed by atoms with Crippen molar-refractivity contribution in [2.45, 2.75) is 13.3 Å². The van der Waals surface area contributed by atoms with E-state index in [2.05, 4.69) is 36.9 Å². The molecular weight excluding hydrogens is 368 g/mol. The summed E-state index contributed by atoms with van der Waals surface area (Å²) in [7, 11) is 0. The zero-order valence-corrected chi connectivity index (χ0v) is 16.3. The minimum absolute atomic E-state index is 0.189. The third-order valence-corrected chi connectivity index (χ3v) is 5.41. The molecule has 1 N–H and O–H groups in total. The van der Waals surface area contributed by atoms with Gasteiger partial charge in [0.25, 0.3) is 5.56 Å². The van der Waals surface area contributed by atoms with Crippen LogP contribution in [0.5, 0.6) is 0 Å². The van der Waals surface area contributed by atoms with Crippen LogP contribution in [0.3, 0.4) is 0 Å². The minimum atomic E-state index is -0.189. The largest absolute Gasteiger partial charge is 0.378 e. The molecule has 3 aromatic rings. The van der Waals surface area contributed by atoms with Gasteiger partial charge >= 0.3 is 0 Å². The summed E-state index contributed by atoms with van der Waals surface area (Å²) in [5, 5.41) is 0. The van der Waals surface area contributed by atoms with Crippen LogP contribution in [-0.2, 0) is 11.2 Å². The molecule has 5 rings (SSSR count). The van der Waals surface area contributed by atoms with Gasteiger partial charge in [0.2, 0.25) is 11.9 Å². The van der Waals surface area contributed by atoms with Crippen molar-refractivity contribution in [1.29, 1.82) is 0 Å². The Morgan fingerprint density at radius 1 is 1.10 bits per heavy atom. The molecule has 8 heteroatoms. The van der Waals surface area contributed by atoms with E-state index in [4.69, 9.17) is 9.72 Å². The Hall–Kier alpha value is -3.26. The number of anilines is 3. The molecule has 29 heavy (non-hydrogen) atoms. The van der Waals surface area contributed by atoms with Gasteiger partial charge in [-0.25, -0.2) is 15.0 Å². The summed E-state index contributed by atoms with van der Waals surface area (Å²) >= 11 is 0. The summed E-state index contributed by atoms with van der Waals surface area (Å²) < 4.78 is 5.39. The number of hydrogen-bond donors (Lipinski definition) is 1. The molecule has 0 aliphatic carbocycles. The fourth-order valence-corrected chi connectivity index (χ4v) is 3.89. The number of benzene rings is 1. The van der Waals surface area contributed by atoms with Gasteiger partial charge in [-0.3, -0.25) is 9.78 Å². The smallest absolute Gasteiger partial charge is 0.252 e. The van der Waals surface area contributed by atoms with Gasteiger partial charge in [0.15, 0.2) is 0 Å². The highest BCUT2D eigenvalue weighted by molar-refractivity contribution is 5.68.